The number of ether oxygens (including phenoxy) is 1. The molecule has 0 spiro atoms. The van der Waals surface area contributed by atoms with Crippen LogP contribution in [0.15, 0.2) is 18.3 Å². The summed E-state index contributed by atoms with van der Waals surface area (Å²) in [5.41, 5.74) is 1.20. The Bertz CT molecular complexity index is 340. The van der Waals surface area contributed by atoms with Gasteiger partial charge in [0, 0.05) is 39.5 Å². The summed E-state index contributed by atoms with van der Waals surface area (Å²) in [6.45, 7) is 6.90. The van der Waals surface area contributed by atoms with Crippen LogP contribution in [-0.4, -0.2) is 38.3 Å². The third-order valence-corrected chi connectivity index (χ3v) is 3.35. The monoisotopic (exact) mass is 265 g/mol. The van der Waals surface area contributed by atoms with Crippen molar-refractivity contribution in [3.05, 3.63) is 23.9 Å². The number of nitrogens with one attached hydrogen (secondary N) is 1. The van der Waals surface area contributed by atoms with Gasteiger partial charge in [-0.3, -0.25) is 0 Å². The van der Waals surface area contributed by atoms with Crippen LogP contribution in [0.1, 0.15) is 32.3 Å². The van der Waals surface area contributed by atoms with Crippen LogP contribution in [0.25, 0.3) is 0 Å². The molecule has 1 aromatic heterocycles. The highest BCUT2D eigenvalue weighted by Gasteiger charge is 2.09. The van der Waals surface area contributed by atoms with E-state index in [0.29, 0.717) is 6.04 Å². The molecule has 108 valence electrons. The fourth-order valence-corrected chi connectivity index (χ4v) is 1.97. The van der Waals surface area contributed by atoms with Gasteiger partial charge in [0.1, 0.15) is 5.82 Å². The zero-order chi connectivity index (χ0) is 14.1. The van der Waals surface area contributed by atoms with Gasteiger partial charge >= 0.3 is 0 Å². The van der Waals surface area contributed by atoms with E-state index in [-0.39, 0.29) is 0 Å². The number of rotatable bonds is 9. The third kappa shape index (κ3) is 5.57. The molecule has 1 aromatic rings. The Morgan fingerprint density at radius 1 is 1.42 bits per heavy atom. The smallest absolute Gasteiger partial charge is 0.128 e. The minimum atomic E-state index is 0.531. The summed E-state index contributed by atoms with van der Waals surface area (Å²) in [5, 5.41) is 3.32. The van der Waals surface area contributed by atoms with Gasteiger partial charge in [-0.25, -0.2) is 4.98 Å². The van der Waals surface area contributed by atoms with Gasteiger partial charge in [0.25, 0.3) is 0 Å². The lowest BCUT2D eigenvalue weighted by Gasteiger charge is -2.25. The molecule has 1 rings (SSSR count). The Morgan fingerprint density at radius 2 is 2.21 bits per heavy atom. The largest absolute Gasteiger partial charge is 0.383 e. The first-order valence-corrected chi connectivity index (χ1v) is 7.06. The molecule has 0 aliphatic carbocycles. The second-order valence-electron chi connectivity index (χ2n) is 4.94. The summed E-state index contributed by atoms with van der Waals surface area (Å²) >= 11 is 0. The topological polar surface area (TPSA) is 37.4 Å². The van der Waals surface area contributed by atoms with Crippen LogP contribution in [0.4, 0.5) is 5.82 Å². The van der Waals surface area contributed by atoms with Gasteiger partial charge in [0.2, 0.25) is 0 Å². The summed E-state index contributed by atoms with van der Waals surface area (Å²) in [6, 6.07) is 4.76. The maximum atomic E-state index is 4.99. The first-order valence-electron chi connectivity index (χ1n) is 7.06. The molecule has 1 unspecified atom stereocenters. The fourth-order valence-electron chi connectivity index (χ4n) is 1.97. The van der Waals surface area contributed by atoms with E-state index >= 15 is 0 Å². The number of pyridine rings is 1. The van der Waals surface area contributed by atoms with Gasteiger partial charge < -0.3 is 15.0 Å². The van der Waals surface area contributed by atoms with Crippen LogP contribution >= 0.6 is 0 Å². The van der Waals surface area contributed by atoms with Crippen LogP contribution in [0.3, 0.4) is 0 Å². The van der Waals surface area contributed by atoms with Crippen LogP contribution in [0, 0.1) is 0 Å². The van der Waals surface area contributed by atoms with Crippen LogP contribution < -0.4 is 10.2 Å². The Kier molecular flexibility index (Phi) is 7.45. The van der Waals surface area contributed by atoms with Crippen molar-refractivity contribution < 1.29 is 4.74 Å². The highest BCUT2D eigenvalue weighted by molar-refractivity contribution is 5.39. The van der Waals surface area contributed by atoms with Crippen molar-refractivity contribution in [2.24, 2.45) is 0 Å². The van der Waals surface area contributed by atoms with E-state index in [2.05, 4.69) is 48.2 Å². The van der Waals surface area contributed by atoms with Gasteiger partial charge in [0.05, 0.1) is 6.61 Å². The van der Waals surface area contributed by atoms with Crippen molar-refractivity contribution in [2.75, 3.05) is 32.2 Å². The van der Waals surface area contributed by atoms with Crippen molar-refractivity contribution in [2.45, 2.75) is 39.3 Å². The van der Waals surface area contributed by atoms with E-state index in [1.54, 1.807) is 7.11 Å². The predicted octanol–water partition coefficient (Wildman–Crippen LogP) is 2.44. The lowest BCUT2D eigenvalue weighted by atomic mass is 10.1. The summed E-state index contributed by atoms with van der Waals surface area (Å²) in [4.78, 5) is 6.78. The van der Waals surface area contributed by atoms with Crippen molar-refractivity contribution in [1.82, 2.24) is 10.3 Å². The van der Waals surface area contributed by atoms with E-state index in [0.717, 1.165) is 25.5 Å². The average molecular weight is 265 g/mol. The molecule has 1 atom stereocenters. The molecule has 0 saturated heterocycles. The Balaban J connectivity index is 2.46. The van der Waals surface area contributed by atoms with Gasteiger partial charge in [-0.15, -0.1) is 0 Å². The average Bonchev–Trinajstić information content (AvgIpc) is 2.44. The molecule has 4 nitrogen and oxygen atoms in total. The van der Waals surface area contributed by atoms with Crippen molar-refractivity contribution in [1.29, 1.82) is 0 Å². The molecule has 19 heavy (non-hydrogen) atoms. The molecular weight excluding hydrogens is 238 g/mol. The molecule has 0 fully saturated rings. The van der Waals surface area contributed by atoms with Crippen LogP contribution in [-0.2, 0) is 11.3 Å². The minimum Gasteiger partial charge on any atom is -0.383 e. The quantitative estimate of drug-likeness (QED) is 0.696. The zero-order valence-electron chi connectivity index (χ0n) is 12.6. The maximum absolute atomic E-state index is 4.99. The molecular formula is C15H27N3O. The summed E-state index contributed by atoms with van der Waals surface area (Å²) in [5.74, 6) is 1.04. The number of hydrogen-bond acceptors (Lipinski definition) is 4. The first kappa shape index (κ1) is 15.9. The van der Waals surface area contributed by atoms with Crippen molar-refractivity contribution in [3.8, 4) is 0 Å². The highest BCUT2D eigenvalue weighted by Crippen LogP contribution is 2.15. The molecule has 0 aliphatic heterocycles. The molecule has 1 N–H and O–H groups in total. The van der Waals surface area contributed by atoms with E-state index < -0.39 is 0 Å². The normalized spacial score (nSPS) is 12.4. The van der Waals surface area contributed by atoms with Gasteiger partial charge in [-0.05, 0) is 25.0 Å². The maximum Gasteiger partial charge on any atom is 0.128 e. The van der Waals surface area contributed by atoms with Crippen molar-refractivity contribution in [3.63, 3.8) is 0 Å². The Morgan fingerprint density at radius 3 is 2.79 bits per heavy atom. The van der Waals surface area contributed by atoms with E-state index in [4.69, 9.17) is 4.74 Å². The van der Waals surface area contributed by atoms with Crippen molar-refractivity contribution >= 4 is 5.82 Å². The zero-order valence-corrected chi connectivity index (χ0v) is 12.6. The Labute approximate surface area is 117 Å². The Hall–Kier alpha value is -1.13. The molecule has 1 heterocycles. The van der Waals surface area contributed by atoms with Crippen LogP contribution in [0.2, 0.25) is 0 Å². The first-order chi connectivity index (χ1) is 9.19. The van der Waals surface area contributed by atoms with Crippen LogP contribution in [0.5, 0.6) is 0 Å². The summed E-state index contributed by atoms with van der Waals surface area (Å²) in [7, 11) is 3.82. The SMILES string of the molecule is CCCC(C)N(C)c1ccc(CNCCOC)cn1. The number of aromatic nitrogens is 1. The second-order valence-corrected chi connectivity index (χ2v) is 4.94. The van der Waals surface area contributed by atoms with E-state index in [1.807, 2.05) is 6.20 Å². The van der Waals surface area contributed by atoms with E-state index in [1.165, 1.54) is 18.4 Å². The second kappa shape index (κ2) is 8.88. The molecule has 4 heteroatoms. The molecule has 0 aromatic carbocycles. The lowest BCUT2D eigenvalue weighted by molar-refractivity contribution is 0.199. The lowest BCUT2D eigenvalue weighted by Crippen LogP contribution is -2.29. The third-order valence-electron chi connectivity index (χ3n) is 3.35. The molecule has 0 amide bonds. The van der Waals surface area contributed by atoms with Gasteiger partial charge in [0.15, 0.2) is 0 Å². The highest BCUT2D eigenvalue weighted by atomic mass is 16.5. The number of hydrogen-bond donors (Lipinski definition) is 1. The van der Waals surface area contributed by atoms with Gasteiger partial charge in [-0.1, -0.05) is 19.4 Å². The standard InChI is InChI=1S/C15H27N3O/c1-5-6-13(2)18(3)15-8-7-14(12-17-15)11-16-9-10-19-4/h7-8,12-13,16H,5-6,9-11H2,1-4H3. The predicted molar refractivity (Wildman–Crippen MR) is 80.6 cm³/mol. The molecule has 0 bridgehead atoms. The minimum absolute atomic E-state index is 0.531. The number of methoxy groups -OCH3 is 1. The summed E-state index contributed by atoms with van der Waals surface area (Å²) < 4.78 is 4.99. The molecule has 0 aliphatic rings. The van der Waals surface area contributed by atoms with Gasteiger partial charge in [-0.2, -0.15) is 0 Å². The summed E-state index contributed by atoms with van der Waals surface area (Å²) in [6.07, 6.45) is 4.34. The molecule has 0 saturated carbocycles. The molecule has 0 radical (unpaired) electrons. The van der Waals surface area contributed by atoms with E-state index in [9.17, 15) is 0 Å². The number of nitrogens with zero attached hydrogens (tertiary/aromatic N) is 2. The fraction of sp³-hybridized carbons (Fsp3) is 0.667. The number of anilines is 1.